The van der Waals surface area contributed by atoms with Gasteiger partial charge in [0.25, 0.3) is 0 Å². The monoisotopic (exact) mass is 288 g/mol. The topological polar surface area (TPSA) is 47.9 Å². The van der Waals surface area contributed by atoms with Crippen LogP contribution < -0.4 is 14.2 Å². The smallest absolute Gasteiger partial charge is 0.161 e. The van der Waals surface area contributed by atoms with Crippen LogP contribution in [0.5, 0.6) is 17.2 Å². The second kappa shape index (κ2) is 6.99. The van der Waals surface area contributed by atoms with Gasteiger partial charge in [-0.3, -0.25) is 0 Å². The summed E-state index contributed by atoms with van der Waals surface area (Å²) < 4.78 is 16.1. The van der Waals surface area contributed by atoms with Crippen molar-refractivity contribution in [1.29, 1.82) is 0 Å². The lowest BCUT2D eigenvalue weighted by atomic mass is 10.1. The van der Waals surface area contributed by atoms with Crippen LogP contribution in [0.3, 0.4) is 0 Å². The minimum absolute atomic E-state index is 0.159. The lowest BCUT2D eigenvalue weighted by Gasteiger charge is -2.15. The molecule has 0 radical (unpaired) electrons. The molecule has 0 aliphatic carbocycles. The maximum Gasteiger partial charge on any atom is 0.161 e. The third-order valence-electron chi connectivity index (χ3n) is 3.27. The van der Waals surface area contributed by atoms with Crippen LogP contribution in [0.15, 0.2) is 42.5 Å². The molecule has 0 amide bonds. The molecule has 0 heterocycles. The molecule has 1 unspecified atom stereocenters. The molecule has 0 aliphatic heterocycles. The van der Waals surface area contributed by atoms with Gasteiger partial charge in [-0.1, -0.05) is 18.2 Å². The Labute approximate surface area is 124 Å². The van der Waals surface area contributed by atoms with Crippen molar-refractivity contribution in [2.45, 2.75) is 13.0 Å². The van der Waals surface area contributed by atoms with Crippen molar-refractivity contribution < 1.29 is 19.3 Å². The van der Waals surface area contributed by atoms with Gasteiger partial charge in [-0.2, -0.15) is 0 Å². The molecule has 1 N–H and O–H groups in total. The van der Waals surface area contributed by atoms with E-state index in [0.29, 0.717) is 11.5 Å². The largest absolute Gasteiger partial charge is 0.496 e. The quantitative estimate of drug-likeness (QED) is 0.887. The first-order valence-corrected chi connectivity index (χ1v) is 6.74. The fourth-order valence-corrected chi connectivity index (χ4v) is 2.11. The van der Waals surface area contributed by atoms with Crippen molar-refractivity contribution in [3.63, 3.8) is 0 Å². The Morgan fingerprint density at radius 3 is 2.24 bits per heavy atom. The summed E-state index contributed by atoms with van der Waals surface area (Å²) in [5, 5.41) is 10.2. The number of ether oxygens (including phenoxy) is 3. The Hall–Kier alpha value is -2.20. The predicted molar refractivity (Wildman–Crippen MR) is 81.2 cm³/mol. The van der Waals surface area contributed by atoms with E-state index in [0.717, 1.165) is 16.9 Å². The van der Waals surface area contributed by atoms with E-state index >= 15 is 0 Å². The summed E-state index contributed by atoms with van der Waals surface area (Å²) in [6.45, 7) is 2.10. The van der Waals surface area contributed by atoms with E-state index in [-0.39, 0.29) is 6.61 Å². The first-order chi connectivity index (χ1) is 10.2. The zero-order chi connectivity index (χ0) is 15.2. The summed E-state index contributed by atoms with van der Waals surface area (Å²) >= 11 is 0. The zero-order valence-corrected chi connectivity index (χ0v) is 12.5. The summed E-state index contributed by atoms with van der Waals surface area (Å²) in [5.74, 6) is 2.07. The van der Waals surface area contributed by atoms with Crippen LogP contribution in [0.4, 0.5) is 0 Å². The number of aryl methyl sites for hydroxylation is 1. The highest BCUT2D eigenvalue weighted by Gasteiger charge is 2.12. The summed E-state index contributed by atoms with van der Waals surface area (Å²) in [4.78, 5) is 0. The molecular formula is C17H20O4. The van der Waals surface area contributed by atoms with Crippen LogP contribution in [-0.4, -0.2) is 25.9 Å². The first-order valence-electron chi connectivity index (χ1n) is 6.74. The first kappa shape index (κ1) is 15.2. The number of hydrogen-bond acceptors (Lipinski definition) is 4. The molecule has 112 valence electrons. The number of benzene rings is 2. The predicted octanol–water partition coefficient (Wildman–Crippen LogP) is 3.12. The maximum absolute atomic E-state index is 10.2. The Morgan fingerprint density at radius 1 is 0.952 bits per heavy atom. The molecule has 0 aromatic heterocycles. The fourth-order valence-electron chi connectivity index (χ4n) is 2.11. The van der Waals surface area contributed by atoms with Crippen LogP contribution in [0, 0.1) is 6.92 Å². The van der Waals surface area contributed by atoms with Crippen LogP contribution >= 0.6 is 0 Å². The van der Waals surface area contributed by atoms with Crippen LogP contribution in [-0.2, 0) is 0 Å². The molecule has 0 bridgehead atoms. The minimum atomic E-state index is -0.709. The highest BCUT2D eigenvalue weighted by atomic mass is 16.5. The van der Waals surface area contributed by atoms with Crippen molar-refractivity contribution in [2.75, 3.05) is 20.8 Å². The standard InChI is InChI=1S/C17H20O4/c1-12-10-13(8-9-15(12)19-2)14(18)11-21-17-7-5-4-6-16(17)20-3/h4-10,14,18H,11H2,1-3H3. The lowest BCUT2D eigenvalue weighted by molar-refractivity contribution is 0.106. The Kier molecular flexibility index (Phi) is 5.06. The lowest BCUT2D eigenvalue weighted by Crippen LogP contribution is -2.10. The van der Waals surface area contributed by atoms with E-state index in [1.165, 1.54) is 0 Å². The molecule has 0 aliphatic rings. The van der Waals surface area contributed by atoms with E-state index in [9.17, 15) is 5.11 Å². The van der Waals surface area contributed by atoms with Crippen molar-refractivity contribution in [3.05, 3.63) is 53.6 Å². The molecule has 0 fully saturated rings. The number of methoxy groups -OCH3 is 2. The van der Waals surface area contributed by atoms with Gasteiger partial charge >= 0.3 is 0 Å². The van der Waals surface area contributed by atoms with E-state index in [4.69, 9.17) is 14.2 Å². The molecule has 2 aromatic rings. The molecule has 4 nitrogen and oxygen atoms in total. The van der Waals surface area contributed by atoms with Crippen LogP contribution in [0.1, 0.15) is 17.2 Å². The highest BCUT2D eigenvalue weighted by molar-refractivity contribution is 5.40. The van der Waals surface area contributed by atoms with Crippen molar-refractivity contribution in [1.82, 2.24) is 0 Å². The van der Waals surface area contributed by atoms with Crippen LogP contribution in [0.25, 0.3) is 0 Å². The van der Waals surface area contributed by atoms with Crippen LogP contribution in [0.2, 0.25) is 0 Å². The van der Waals surface area contributed by atoms with E-state index in [1.807, 2.05) is 49.4 Å². The minimum Gasteiger partial charge on any atom is -0.496 e. The summed E-state index contributed by atoms with van der Waals surface area (Å²) in [6, 6.07) is 12.9. The zero-order valence-electron chi connectivity index (χ0n) is 12.5. The molecule has 1 atom stereocenters. The van der Waals surface area contributed by atoms with Gasteiger partial charge in [0.15, 0.2) is 11.5 Å². The number of para-hydroxylation sites is 2. The molecule has 2 rings (SSSR count). The summed E-state index contributed by atoms with van der Waals surface area (Å²) in [7, 11) is 3.22. The van der Waals surface area contributed by atoms with E-state index in [2.05, 4.69) is 0 Å². The summed E-state index contributed by atoms with van der Waals surface area (Å²) in [5.41, 5.74) is 1.77. The number of rotatable bonds is 6. The van der Waals surface area contributed by atoms with Gasteiger partial charge in [-0.05, 0) is 42.3 Å². The Balaban J connectivity index is 2.04. The van der Waals surface area contributed by atoms with Gasteiger partial charge < -0.3 is 19.3 Å². The molecular weight excluding hydrogens is 268 g/mol. The maximum atomic E-state index is 10.2. The van der Waals surface area contributed by atoms with Gasteiger partial charge in [0.1, 0.15) is 18.5 Å². The number of hydrogen-bond donors (Lipinski definition) is 1. The molecule has 0 spiro atoms. The number of aliphatic hydroxyl groups is 1. The van der Waals surface area contributed by atoms with Gasteiger partial charge in [0.2, 0.25) is 0 Å². The van der Waals surface area contributed by atoms with Crippen molar-refractivity contribution >= 4 is 0 Å². The average molecular weight is 288 g/mol. The highest BCUT2D eigenvalue weighted by Crippen LogP contribution is 2.28. The second-order valence-corrected chi connectivity index (χ2v) is 4.71. The van der Waals surface area contributed by atoms with Gasteiger partial charge in [0, 0.05) is 0 Å². The molecule has 2 aromatic carbocycles. The SMILES string of the molecule is COc1ccc(C(O)COc2ccccc2OC)cc1C. The fraction of sp³-hybridized carbons (Fsp3) is 0.294. The second-order valence-electron chi connectivity index (χ2n) is 4.71. The van der Waals surface area contributed by atoms with Gasteiger partial charge in [-0.15, -0.1) is 0 Å². The Morgan fingerprint density at radius 2 is 1.62 bits per heavy atom. The van der Waals surface area contributed by atoms with Gasteiger partial charge in [-0.25, -0.2) is 0 Å². The average Bonchev–Trinajstić information content (AvgIpc) is 2.52. The summed E-state index contributed by atoms with van der Waals surface area (Å²) in [6.07, 6.45) is -0.709. The Bertz CT molecular complexity index is 595. The third kappa shape index (κ3) is 3.67. The third-order valence-corrected chi connectivity index (χ3v) is 3.27. The van der Waals surface area contributed by atoms with E-state index < -0.39 is 6.10 Å². The molecule has 21 heavy (non-hydrogen) atoms. The molecule has 0 saturated heterocycles. The van der Waals surface area contributed by atoms with Crippen molar-refractivity contribution in [2.24, 2.45) is 0 Å². The normalized spacial score (nSPS) is 11.8. The number of aliphatic hydroxyl groups excluding tert-OH is 1. The van der Waals surface area contributed by atoms with E-state index in [1.54, 1.807) is 14.2 Å². The van der Waals surface area contributed by atoms with Gasteiger partial charge in [0.05, 0.1) is 14.2 Å². The molecule has 0 saturated carbocycles. The molecule has 4 heteroatoms. The van der Waals surface area contributed by atoms with Crippen molar-refractivity contribution in [3.8, 4) is 17.2 Å².